The van der Waals surface area contributed by atoms with Crippen molar-refractivity contribution in [2.75, 3.05) is 0 Å². The van der Waals surface area contributed by atoms with Gasteiger partial charge in [0.25, 0.3) is 0 Å². The van der Waals surface area contributed by atoms with Gasteiger partial charge >= 0.3 is 6.18 Å². The van der Waals surface area contributed by atoms with E-state index >= 15 is 0 Å². The molecule has 108 valence electrons. The Hall–Kier alpha value is -1.82. The van der Waals surface area contributed by atoms with E-state index in [4.69, 9.17) is 10.2 Å². The van der Waals surface area contributed by atoms with Crippen LogP contribution in [0.1, 0.15) is 29.6 Å². The van der Waals surface area contributed by atoms with Crippen LogP contribution in [0.15, 0.2) is 34.9 Å². The quantitative estimate of drug-likeness (QED) is 0.938. The van der Waals surface area contributed by atoms with Gasteiger partial charge < -0.3 is 10.2 Å². The van der Waals surface area contributed by atoms with Gasteiger partial charge in [0.15, 0.2) is 5.89 Å². The minimum Gasteiger partial charge on any atom is -0.448 e. The van der Waals surface area contributed by atoms with Gasteiger partial charge in [-0.1, -0.05) is 12.1 Å². The third-order valence-corrected chi connectivity index (χ3v) is 2.77. The lowest BCUT2D eigenvalue weighted by molar-refractivity contribution is -0.137. The molecule has 6 heteroatoms. The zero-order valence-corrected chi connectivity index (χ0v) is 10.9. The highest BCUT2D eigenvalue weighted by atomic mass is 19.4. The highest BCUT2D eigenvalue weighted by Gasteiger charge is 2.29. The Morgan fingerprint density at radius 2 is 1.90 bits per heavy atom. The van der Waals surface area contributed by atoms with Crippen molar-refractivity contribution in [3.63, 3.8) is 0 Å². The van der Waals surface area contributed by atoms with E-state index in [0.717, 1.165) is 17.8 Å². The fraction of sp³-hybridized carbons (Fsp3) is 0.357. The predicted molar refractivity (Wildman–Crippen MR) is 68.1 cm³/mol. The molecule has 1 aromatic heterocycles. The summed E-state index contributed by atoms with van der Waals surface area (Å²) in [6.45, 7) is 1.87. The molecule has 0 saturated carbocycles. The zero-order chi connectivity index (χ0) is 14.8. The van der Waals surface area contributed by atoms with Crippen LogP contribution in [0.5, 0.6) is 0 Å². The molecule has 1 aromatic carbocycles. The van der Waals surface area contributed by atoms with Crippen molar-refractivity contribution in [1.82, 2.24) is 4.98 Å². The average molecular weight is 284 g/mol. The van der Waals surface area contributed by atoms with E-state index in [0.29, 0.717) is 24.3 Å². The summed E-state index contributed by atoms with van der Waals surface area (Å²) in [7, 11) is 0. The van der Waals surface area contributed by atoms with Crippen LogP contribution in [-0.2, 0) is 19.0 Å². The normalized spacial score (nSPS) is 13.4. The molecule has 2 aromatic rings. The molecule has 3 nitrogen and oxygen atoms in total. The van der Waals surface area contributed by atoms with Gasteiger partial charge in [-0.3, -0.25) is 0 Å². The smallest absolute Gasteiger partial charge is 0.416 e. The van der Waals surface area contributed by atoms with Crippen LogP contribution in [0.25, 0.3) is 0 Å². The molecule has 0 fully saturated rings. The Bertz CT molecular complexity index is 559. The maximum atomic E-state index is 12.4. The van der Waals surface area contributed by atoms with E-state index in [1.807, 2.05) is 6.92 Å². The zero-order valence-electron chi connectivity index (χ0n) is 10.9. The predicted octanol–water partition coefficient (Wildman–Crippen LogP) is 3.17. The van der Waals surface area contributed by atoms with Crippen LogP contribution in [0.3, 0.4) is 0 Å². The second kappa shape index (κ2) is 5.66. The molecular formula is C14H15F3N2O. The Morgan fingerprint density at radius 1 is 1.25 bits per heavy atom. The fourth-order valence-electron chi connectivity index (χ4n) is 1.84. The third-order valence-electron chi connectivity index (χ3n) is 2.77. The molecule has 0 aliphatic carbocycles. The van der Waals surface area contributed by atoms with E-state index in [9.17, 15) is 13.2 Å². The second-order valence-corrected chi connectivity index (χ2v) is 4.79. The first kappa shape index (κ1) is 14.6. The Balaban J connectivity index is 2.05. The minimum atomic E-state index is -4.31. The molecule has 2 N–H and O–H groups in total. The van der Waals surface area contributed by atoms with Crippen molar-refractivity contribution in [3.05, 3.63) is 53.2 Å². The largest absolute Gasteiger partial charge is 0.448 e. The van der Waals surface area contributed by atoms with Gasteiger partial charge in [-0.15, -0.1) is 0 Å². The molecule has 0 saturated heterocycles. The number of hydrogen-bond donors (Lipinski definition) is 1. The number of hydrogen-bond acceptors (Lipinski definition) is 3. The molecule has 1 heterocycles. The van der Waals surface area contributed by atoms with Gasteiger partial charge in [0.05, 0.1) is 11.3 Å². The number of alkyl halides is 3. The number of nitrogens with zero attached hydrogens (tertiary/aromatic N) is 1. The monoisotopic (exact) mass is 284 g/mol. The molecule has 0 spiro atoms. The van der Waals surface area contributed by atoms with E-state index in [1.165, 1.54) is 18.4 Å². The summed E-state index contributed by atoms with van der Waals surface area (Å²) >= 11 is 0. The van der Waals surface area contributed by atoms with Gasteiger partial charge in [0.1, 0.15) is 6.26 Å². The first-order chi connectivity index (χ1) is 9.34. The van der Waals surface area contributed by atoms with Crippen LogP contribution < -0.4 is 5.73 Å². The van der Waals surface area contributed by atoms with Crippen molar-refractivity contribution in [3.8, 4) is 0 Å². The summed E-state index contributed by atoms with van der Waals surface area (Å²) in [5.41, 5.74) is 6.46. The first-order valence-electron chi connectivity index (χ1n) is 6.19. The maximum Gasteiger partial charge on any atom is 0.416 e. The maximum absolute atomic E-state index is 12.4. The molecule has 0 bridgehead atoms. The highest BCUT2D eigenvalue weighted by molar-refractivity contribution is 5.26. The molecule has 20 heavy (non-hydrogen) atoms. The highest BCUT2D eigenvalue weighted by Crippen LogP contribution is 2.29. The topological polar surface area (TPSA) is 52.0 Å². The van der Waals surface area contributed by atoms with Crippen LogP contribution in [0.2, 0.25) is 0 Å². The molecule has 1 atom stereocenters. The minimum absolute atomic E-state index is 0.0148. The van der Waals surface area contributed by atoms with Crippen molar-refractivity contribution in [2.45, 2.75) is 32.0 Å². The van der Waals surface area contributed by atoms with Crippen LogP contribution >= 0.6 is 0 Å². The molecule has 0 aliphatic rings. The van der Waals surface area contributed by atoms with Crippen LogP contribution in [0, 0.1) is 0 Å². The van der Waals surface area contributed by atoms with Gasteiger partial charge in [-0.2, -0.15) is 13.2 Å². The number of halogens is 3. The lowest BCUT2D eigenvalue weighted by atomic mass is 10.1. The standard InChI is InChI=1S/C14H15F3N2O/c1-9(18)6-12-8-20-13(19-12)7-10-2-4-11(5-3-10)14(15,16)17/h2-5,8-9H,6-7,18H2,1H3. The summed E-state index contributed by atoms with van der Waals surface area (Å²) in [5, 5.41) is 0. The van der Waals surface area contributed by atoms with E-state index in [1.54, 1.807) is 0 Å². The summed E-state index contributed by atoms with van der Waals surface area (Å²) < 4.78 is 42.6. The number of rotatable bonds is 4. The third kappa shape index (κ3) is 3.84. The number of oxazole rings is 1. The lowest BCUT2D eigenvalue weighted by Gasteiger charge is -2.06. The average Bonchev–Trinajstić information content (AvgIpc) is 2.75. The van der Waals surface area contributed by atoms with Crippen molar-refractivity contribution < 1.29 is 17.6 Å². The molecule has 0 radical (unpaired) electrons. The van der Waals surface area contributed by atoms with Gasteiger partial charge in [0.2, 0.25) is 0 Å². The molecule has 0 aliphatic heterocycles. The second-order valence-electron chi connectivity index (χ2n) is 4.79. The van der Waals surface area contributed by atoms with Crippen molar-refractivity contribution in [1.29, 1.82) is 0 Å². The van der Waals surface area contributed by atoms with Gasteiger partial charge in [-0.25, -0.2) is 4.98 Å². The Kier molecular flexibility index (Phi) is 4.13. The molecule has 2 rings (SSSR count). The first-order valence-corrected chi connectivity index (χ1v) is 6.19. The van der Waals surface area contributed by atoms with Crippen LogP contribution in [-0.4, -0.2) is 11.0 Å². The number of nitrogens with two attached hydrogens (primary N) is 1. The van der Waals surface area contributed by atoms with E-state index in [2.05, 4.69) is 4.98 Å². The summed E-state index contributed by atoms with van der Waals surface area (Å²) in [5.74, 6) is 0.473. The summed E-state index contributed by atoms with van der Waals surface area (Å²) in [6.07, 6.45) is -1.82. The Morgan fingerprint density at radius 3 is 2.45 bits per heavy atom. The molecule has 0 amide bonds. The Labute approximate surface area is 114 Å². The lowest BCUT2D eigenvalue weighted by Crippen LogP contribution is -2.17. The van der Waals surface area contributed by atoms with Gasteiger partial charge in [-0.05, 0) is 24.6 Å². The number of benzene rings is 1. The fourth-order valence-corrected chi connectivity index (χ4v) is 1.84. The summed E-state index contributed by atoms with van der Waals surface area (Å²) in [6, 6.07) is 4.96. The van der Waals surface area contributed by atoms with Crippen LogP contribution in [0.4, 0.5) is 13.2 Å². The van der Waals surface area contributed by atoms with Gasteiger partial charge in [0, 0.05) is 18.9 Å². The SMILES string of the molecule is CC(N)Cc1coc(Cc2ccc(C(F)(F)F)cc2)n1. The summed E-state index contributed by atoms with van der Waals surface area (Å²) in [4.78, 5) is 4.25. The number of aromatic nitrogens is 1. The van der Waals surface area contributed by atoms with Crippen molar-refractivity contribution in [2.24, 2.45) is 5.73 Å². The van der Waals surface area contributed by atoms with Crippen molar-refractivity contribution >= 4 is 0 Å². The molecular weight excluding hydrogens is 269 g/mol. The van der Waals surface area contributed by atoms with E-state index < -0.39 is 11.7 Å². The molecule has 1 unspecified atom stereocenters. The van der Waals surface area contributed by atoms with E-state index in [-0.39, 0.29) is 6.04 Å².